The topological polar surface area (TPSA) is 51.2 Å². The quantitative estimate of drug-likeness (QED) is 0.643. The van der Waals surface area contributed by atoms with Crippen molar-refractivity contribution < 1.29 is 9.53 Å². The summed E-state index contributed by atoms with van der Waals surface area (Å²) in [6.45, 7) is 2.48. The Hall–Kier alpha value is -1.72. The number of hydrogen-bond donors (Lipinski definition) is 1. The number of pyridine rings is 1. The van der Waals surface area contributed by atoms with Crippen molar-refractivity contribution in [2.24, 2.45) is 0 Å². The van der Waals surface area contributed by atoms with Crippen LogP contribution in [0.15, 0.2) is 47.2 Å². The van der Waals surface area contributed by atoms with Gasteiger partial charge in [-0.15, -0.1) is 0 Å². The van der Waals surface area contributed by atoms with Crippen molar-refractivity contribution in [1.82, 2.24) is 4.98 Å². The molecule has 0 spiro atoms. The minimum Gasteiger partial charge on any atom is -0.371 e. The smallest absolute Gasteiger partial charge is 0.250 e. The lowest BCUT2D eigenvalue weighted by atomic mass is 10.2. The number of rotatable bonds is 6. The van der Waals surface area contributed by atoms with E-state index in [-0.39, 0.29) is 12.5 Å². The number of benzene rings is 1. The van der Waals surface area contributed by atoms with Gasteiger partial charge in [0.25, 0.3) is 0 Å². The maximum atomic E-state index is 11.8. The fraction of sp³-hybridized carbons (Fsp3) is 0.250. The molecule has 0 fully saturated rings. The molecule has 1 aromatic carbocycles. The first-order valence-corrected chi connectivity index (χ1v) is 7.48. The molecular weight excluding hydrogens is 332 g/mol. The molecule has 0 unspecified atom stereocenters. The van der Waals surface area contributed by atoms with Crippen LogP contribution in [0.2, 0.25) is 0 Å². The van der Waals surface area contributed by atoms with Crippen molar-refractivity contribution in [2.75, 3.05) is 18.5 Å². The van der Waals surface area contributed by atoms with Crippen LogP contribution < -0.4 is 5.32 Å². The molecule has 1 amide bonds. The lowest BCUT2D eigenvalue weighted by Gasteiger charge is -2.08. The predicted octanol–water partition coefficient (Wildman–Crippen LogP) is 3.35. The molecule has 21 heavy (non-hydrogen) atoms. The molecule has 0 aliphatic heterocycles. The summed E-state index contributed by atoms with van der Waals surface area (Å²) < 4.78 is 6.14. The number of nitrogens with zero attached hydrogens (tertiary/aromatic N) is 1. The maximum absolute atomic E-state index is 11.8. The highest BCUT2D eigenvalue weighted by Crippen LogP contribution is 2.16. The van der Waals surface area contributed by atoms with E-state index < -0.39 is 0 Å². The number of carbonyl (C=O) groups is 1. The monoisotopic (exact) mass is 348 g/mol. The highest BCUT2D eigenvalue weighted by atomic mass is 79.9. The summed E-state index contributed by atoms with van der Waals surface area (Å²) in [7, 11) is 0. The number of carbonyl (C=O) groups excluding carboxylic acids is 1. The number of halogens is 1. The third-order valence-corrected chi connectivity index (χ3v) is 3.40. The van der Waals surface area contributed by atoms with E-state index >= 15 is 0 Å². The first kappa shape index (κ1) is 15.7. The van der Waals surface area contributed by atoms with Crippen LogP contribution in [0.25, 0.3) is 0 Å². The molecule has 4 nitrogen and oxygen atoms in total. The standard InChI is InChI=1S/C16H17BrN2O2/c1-12-9-15(17)18-10-14(12)19-16(20)11-21-8-7-13-5-3-2-4-6-13/h2-6,9-10H,7-8,11H2,1H3,(H,19,20). The van der Waals surface area contributed by atoms with E-state index in [9.17, 15) is 4.79 Å². The normalized spacial score (nSPS) is 10.4. The summed E-state index contributed by atoms with van der Waals surface area (Å²) in [6.07, 6.45) is 2.42. The Kier molecular flexibility index (Phi) is 5.90. The average Bonchev–Trinajstić information content (AvgIpc) is 2.48. The Morgan fingerprint density at radius 1 is 1.33 bits per heavy atom. The Labute approximate surface area is 132 Å². The molecule has 5 heteroatoms. The van der Waals surface area contributed by atoms with E-state index in [2.05, 4.69) is 26.2 Å². The van der Waals surface area contributed by atoms with E-state index in [0.717, 1.165) is 16.6 Å². The van der Waals surface area contributed by atoms with Gasteiger partial charge in [0.2, 0.25) is 5.91 Å². The Morgan fingerprint density at radius 3 is 2.81 bits per heavy atom. The van der Waals surface area contributed by atoms with Crippen molar-refractivity contribution in [3.63, 3.8) is 0 Å². The third-order valence-electron chi connectivity index (χ3n) is 2.96. The lowest BCUT2D eigenvalue weighted by molar-refractivity contribution is -0.120. The Balaban J connectivity index is 1.72. The van der Waals surface area contributed by atoms with Gasteiger partial charge < -0.3 is 10.1 Å². The zero-order valence-electron chi connectivity index (χ0n) is 11.8. The number of hydrogen-bond acceptors (Lipinski definition) is 3. The number of ether oxygens (including phenoxy) is 1. The van der Waals surface area contributed by atoms with Crippen LogP contribution in [0.5, 0.6) is 0 Å². The first-order chi connectivity index (χ1) is 10.1. The van der Waals surface area contributed by atoms with E-state index in [1.807, 2.05) is 43.3 Å². The van der Waals surface area contributed by atoms with Crippen LogP contribution >= 0.6 is 15.9 Å². The molecular formula is C16H17BrN2O2. The van der Waals surface area contributed by atoms with E-state index in [0.29, 0.717) is 12.3 Å². The van der Waals surface area contributed by atoms with Gasteiger partial charge in [-0.05, 0) is 46.5 Å². The molecule has 1 heterocycles. The van der Waals surface area contributed by atoms with Gasteiger partial charge in [-0.3, -0.25) is 4.79 Å². The molecule has 0 aliphatic rings. The number of aryl methyl sites for hydroxylation is 1. The second-order valence-electron chi connectivity index (χ2n) is 4.66. The van der Waals surface area contributed by atoms with E-state index in [1.54, 1.807) is 6.20 Å². The molecule has 0 saturated heterocycles. The van der Waals surface area contributed by atoms with Crippen molar-refractivity contribution in [3.05, 3.63) is 58.3 Å². The maximum Gasteiger partial charge on any atom is 0.250 e. The van der Waals surface area contributed by atoms with Gasteiger partial charge in [-0.25, -0.2) is 4.98 Å². The lowest BCUT2D eigenvalue weighted by Crippen LogP contribution is -2.19. The summed E-state index contributed by atoms with van der Waals surface area (Å²) in [5, 5.41) is 2.79. The predicted molar refractivity (Wildman–Crippen MR) is 86.3 cm³/mol. The first-order valence-electron chi connectivity index (χ1n) is 6.69. The van der Waals surface area contributed by atoms with Crippen LogP contribution in [0.4, 0.5) is 5.69 Å². The molecule has 2 rings (SSSR count). The molecule has 0 aliphatic carbocycles. The van der Waals surface area contributed by atoms with Gasteiger partial charge in [-0.2, -0.15) is 0 Å². The second-order valence-corrected chi connectivity index (χ2v) is 5.47. The molecule has 0 radical (unpaired) electrons. The van der Waals surface area contributed by atoms with Crippen LogP contribution in [0.1, 0.15) is 11.1 Å². The van der Waals surface area contributed by atoms with Crippen LogP contribution in [0, 0.1) is 6.92 Å². The minimum atomic E-state index is -0.171. The molecule has 1 N–H and O–H groups in total. The number of anilines is 1. The summed E-state index contributed by atoms with van der Waals surface area (Å²) in [6, 6.07) is 11.9. The summed E-state index contributed by atoms with van der Waals surface area (Å²) >= 11 is 3.29. The van der Waals surface area contributed by atoms with Gasteiger partial charge in [0.05, 0.1) is 18.5 Å². The molecule has 110 valence electrons. The molecule has 0 atom stereocenters. The zero-order valence-corrected chi connectivity index (χ0v) is 13.4. The van der Waals surface area contributed by atoms with E-state index in [1.165, 1.54) is 5.56 Å². The summed E-state index contributed by atoms with van der Waals surface area (Å²) in [5.74, 6) is -0.171. The highest BCUT2D eigenvalue weighted by molar-refractivity contribution is 9.10. The zero-order chi connectivity index (χ0) is 15.1. The van der Waals surface area contributed by atoms with Crippen LogP contribution in [-0.2, 0) is 16.0 Å². The number of aromatic nitrogens is 1. The van der Waals surface area contributed by atoms with Crippen molar-refractivity contribution in [1.29, 1.82) is 0 Å². The van der Waals surface area contributed by atoms with Gasteiger partial charge in [-0.1, -0.05) is 30.3 Å². The summed E-state index contributed by atoms with van der Waals surface area (Å²) in [4.78, 5) is 15.9. The van der Waals surface area contributed by atoms with Gasteiger partial charge >= 0.3 is 0 Å². The Bertz CT molecular complexity index is 602. The fourth-order valence-corrected chi connectivity index (χ4v) is 2.28. The minimum absolute atomic E-state index is 0.0440. The fourth-order valence-electron chi connectivity index (χ4n) is 1.84. The molecule has 1 aromatic heterocycles. The number of nitrogens with one attached hydrogen (secondary N) is 1. The molecule has 2 aromatic rings. The molecule has 0 bridgehead atoms. The largest absolute Gasteiger partial charge is 0.371 e. The highest BCUT2D eigenvalue weighted by Gasteiger charge is 2.06. The van der Waals surface area contributed by atoms with Crippen molar-refractivity contribution >= 4 is 27.5 Å². The summed E-state index contributed by atoms with van der Waals surface area (Å²) in [5.41, 5.74) is 2.86. The number of amides is 1. The Morgan fingerprint density at radius 2 is 2.10 bits per heavy atom. The van der Waals surface area contributed by atoms with Gasteiger partial charge in [0.1, 0.15) is 11.2 Å². The van der Waals surface area contributed by atoms with E-state index in [4.69, 9.17) is 4.74 Å². The van der Waals surface area contributed by atoms with Crippen LogP contribution in [-0.4, -0.2) is 24.1 Å². The average molecular weight is 349 g/mol. The van der Waals surface area contributed by atoms with Crippen molar-refractivity contribution in [3.8, 4) is 0 Å². The van der Waals surface area contributed by atoms with Crippen LogP contribution in [0.3, 0.4) is 0 Å². The second kappa shape index (κ2) is 7.90. The molecule has 0 saturated carbocycles. The SMILES string of the molecule is Cc1cc(Br)ncc1NC(=O)COCCc1ccccc1. The van der Waals surface area contributed by atoms with Gasteiger partial charge in [0, 0.05) is 0 Å². The van der Waals surface area contributed by atoms with Crippen molar-refractivity contribution in [2.45, 2.75) is 13.3 Å². The third kappa shape index (κ3) is 5.28. The van der Waals surface area contributed by atoms with Gasteiger partial charge in [0.15, 0.2) is 0 Å².